The second kappa shape index (κ2) is 10.4. The van der Waals surface area contributed by atoms with Gasteiger partial charge in [-0.2, -0.15) is 0 Å². The minimum atomic E-state index is -0.316. The number of hydrogen-bond donors (Lipinski definition) is 2. The summed E-state index contributed by atoms with van der Waals surface area (Å²) in [5, 5.41) is 2.75. The summed E-state index contributed by atoms with van der Waals surface area (Å²) >= 11 is 0. The Labute approximate surface area is 208 Å². The van der Waals surface area contributed by atoms with Crippen LogP contribution in [0.1, 0.15) is 105 Å². The number of carbonyl (C=O) groups is 1. The van der Waals surface area contributed by atoms with Gasteiger partial charge >= 0.3 is 6.09 Å². The van der Waals surface area contributed by atoms with Crippen molar-refractivity contribution in [2.75, 3.05) is 13.1 Å². The molecule has 0 aromatic heterocycles. The topological polar surface area (TPSA) is 64.3 Å². The Kier molecular flexibility index (Phi) is 7.86. The van der Waals surface area contributed by atoms with Gasteiger partial charge < -0.3 is 15.8 Å². The highest BCUT2D eigenvalue weighted by atomic mass is 16.6. The molecule has 34 heavy (non-hydrogen) atoms. The maximum Gasteiger partial charge on any atom is 0.407 e. The monoisotopic (exact) mass is 470 g/mol. The third-order valence-electron chi connectivity index (χ3n) is 10.3. The molecule has 0 aliphatic heterocycles. The lowest BCUT2D eigenvalue weighted by atomic mass is 9.53. The van der Waals surface area contributed by atoms with Crippen molar-refractivity contribution < 1.29 is 9.53 Å². The van der Waals surface area contributed by atoms with Gasteiger partial charge in [0.1, 0.15) is 6.10 Å². The second-order valence-electron chi connectivity index (χ2n) is 12.8. The first-order valence-electron chi connectivity index (χ1n) is 14.3. The Hall–Kier alpha value is -1.29. The molecule has 0 radical (unpaired) electrons. The molecule has 0 aromatic rings. The van der Waals surface area contributed by atoms with Gasteiger partial charge in [-0.25, -0.2) is 4.79 Å². The SMILES string of the molecule is CC(C)CCCC(C)C1CCC2C3=C(CCC21C)C1(C)CCC(OC(=O)NCCN)CC1=CC3. The van der Waals surface area contributed by atoms with Crippen molar-refractivity contribution in [1.82, 2.24) is 5.32 Å². The summed E-state index contributed by atoms with van der Waals surface area (Å²) in [5.74, 6) is 3.33. The number of rotatable bonds is 8. The Morgan fingerprint density at radius 2 is 1.97 bits per heavy atom. The molecule has 4 nitrogen and oxygen atoms in total. The minimum absolute atomic E-state index is 0.00402. The predicted octanol–water partition coefficient (Wildman–Crippen LogP) is 7.15. The van der Waals surface area contributed by atoms with Crippen LogP contribution in [0.5, 0.6) is 0 Å². The quantitative estimate of drug-likeness (QED) is 0.370. The number of hydrogen-bond acceptors (Lipinski definition) is 3. The molecular formula is C30H50N2O2. The maximum absolute atomic E-state index is 12.1. The molecular weight excluding hydrogens is 420 g/mol. The van der Waals surface area contributed by atoms with Crippen LogP contribution in [0, 0.1) is 34.5 Å². The van der Waals surface area contributed by atoms with Crippen LogP contribution in [-0.4, -0.2) is 25.3 Å². The van der Waals surface area contributed by atoms with Crippen molar-refractivity contribution in [3.63, 3.8) is 0 Å². The number of fused-ring (bicyclic) bond motifs is 4. The number of nitrogens with one attached hydrogen (secondary N) is 1. The van der Waals surface area contributed by atoms with E-state index in [4.69, 9.17) is 10.5 Å². The molecule has 192 valence electrons. The molecule has 1 amide bonds. The summed E-state index contributed by atoms with van der Waals surface area (Å²) in [7, 11) is 0. The van der Waals surface area contributed by atoms with Crippen LogP contribution < -0.4 is 11.1 Å². The van der Waals surface area contributed by atoms with E-state index in [-0.39, 0.29) is 17.6 Å². The molecule has 6 unspecified atom stereocenters. The van der Waals surface area contributed by atoms with Gasteiger partial charge in [-0.1, -0.05) is 76.7 Å². The van der Waals surface area contributed by atoms with Gasteiger partial charge in [-0.3, -0.25) is 0 Å². The number of alkyl carbamates (subject to hydrolysis) is 1. The summed E-state index contributed by atoms with van der Waals surface area (Å²) in [6.45, 7) is 13.3. The fraction of sp³-hybridized carbons (Fsp3) is 0.833. The highest BCUT2D eigenvalue weighted by molar-refractivity contribution is 5.67. The van der Waals surface area contributed by atoms with Gasteiger partial charge in [0.2, 0.25) is 0 Å². The lowest BCUT2D eigenvalue weighted by molar-refractivity contribution is 0.0653. The van der Waals surface area contributed by atoms with E-state index < -0.39 is 0 Å². The average Bonchev–Trinajstić information content (AvgIpc) is 3.15. The minimum Gasteiger partial charge on any atom is -0.446 e. The van der Waals surface area contributed by atoms with Gasteiger partial charge in [-0.05, 0) is 74.0 Å². The zero-order valence-electron chi connectivity index (χ0n) is 22.6. The van der Waals surface area contributed by atoms with E-state index >= 15 is 0 Å². The van der Waals surface area contributed by atoms with Crippen LogP contribution in [0.15, 0.2) is 22.8 Å². The van der Waals surface area contributed by atoms with E-state index in [0.717, 1.165) is 49.4 Å². The summed E-state index contributed by atoms with van der Waals surface area (Å²) in [6.07, 6.45) is 15.9. The van der Waals surface area contributed by atoms with Crippen LogP contribution in [0.3, 0.4) is 0 Å². The lowest BCUT2D eigenvalue weighted by Gasteiger charge is -2.52. The first-order chi connectivity index (χ1) is 16.2. The van der Waals surface area contributed by atoms with Gasteiger partial charge in [0.15, 0.2) is 0 Å². The molecule has 4 aliphatic rings. The van der Waals surface area contributed by atoms with E-state index in [2.05, 4.69) is 46.0 Å². The molecule has 0 heterocycles. The summed E-state index contributed by atoms with van der Waals surface area (Å²) in [6, 6.07) is 0. The first kappa shape index (κ1) is 25.8. The third-order valence-corrected chi connectivity index (χ3v) is 10.3. The normalized spacial score (nSPS) is 35.9. The molecule has 0 bridgehead atoms. The highest BCUT2D eigenvalue weighted by Gasteiger charge is 2.54. The molecule has 0 saturated heterocycles. The zero-order valence-corrected chi connectivity index (χ0v) is 22.6. The molecule has 3 N–H and O–H groups in total. The van der Waals surface area contributed by atoms with E-state index in [1.54, 1.807) is 11.1 Å². The van der Waals surface area contributed by atoms with Gasteiger partial charge in [0.05, 0.1) is 0 Å². The largest absolute Gasteiger partial charge is 0.446 e. The van der Waals surface area contributed by atoms with E-state index in [9.17, 15) is 4.79 Å². The van der Waals surface area contributed by atoms with Crippen LogP contribution in [0.25, 0.3) is 0 Å². The summed E-state index contributed by atoms with van der Waals surface area (Å²) in [5.41, 5.74) is 11.3. The molecule has 2 saturated carbocycles. The van der Waals surface area contributed by atoms with E-state index in [1.807, 2.05) is 0 Å². The molecule has 4 aliphatic carbocycles. The number of nitrogens with two attached hydrogens (primary N) is 1. The zero-order chi connectivity index (χ0) is 24.5. The lowest BCUT2D eigenvalue weighted by Crippen LogP contribution is -2.43. The summed E-state index contributed by atoms with van der Waals surface area (Å²) in [4.78, 5) is 12.1. The second-order valence-corrected chi connectivity index (χ2v) is 12.8. The van der Waals surface area contributed by atoms with Crippen molar-refractivity contribution in [1.29, 1.82) is 0 Å². The molecule has 2 fully saturated rings. The smallest absolute Gasteiger partial charge is 0.407 e. The van der Waals surface area contributed by atoms with Crippen molar-refractivity contribution >= 4 is 6.09 Å². The average molecular weight is 471 g/mol. The number of ether oxygens (including phenoxy) is 1. The fourth-order valence-electron chi connectivity index (χ4n) is 8.38. The molecule has 0 aromatic carbocycles. The highest BCUT2D eigenvalue weighted by Crippen LogP contribution is 2.65. The predicted molar refractivity (Wildman–Crippen MR) is 140 cm³/mol. The Morgan fingerprint density at radius 1 is 1.18 bits per heavy atom. The molecule has 4 heteroatoms. The number of amides is 1. The Balaban J connectivity index is 1.44. The van der Waals surface area contributed by atoms with Gasteiger partial charge in [0.25, 0.3) is 0 Å². The van der Waals surface area contributed by atoms with Gasteiger partial charge in [-0.15, -0.1) is 0 Å². The Morgan fingerprint density at radius 3 is 2.71 bits per heavy atom. The van der Waals surface area contributed by atoms with E-state index in [1.165, 1.54) is 50.5 Å². The molecule has 6 atom stereocenters. The van der Waals surface area contributed by atoms with Crippen LogP contribution in [0.2, 0.25) is 0 Å². The van der Waals surface area contributed by atoms with Crippen molar-refractivity contribution in [3.05, 3.63) is 22.8 Å². The first-order valence-corrected chi connectivity index (χ1v) is 14.3. The fourth-order valence-corrected chi connectivity index (χ4v) is 8.38. The number of carbonyl (C=O) groups excluding carboxylic acids is 1. The van der Waals surface area contributed by atoms with Crippen LogP contribution in [0.4, 0.5) is 4.79 Å². The number of allylic oxidation sites excluding steroid dienone is 3. The van der Waals surface area contributed by atoms with Crippen molar-refractivity contribution in [2.45, 2.75) is 111 Å². The Bertz CT molecular complexity index is 815. The maximum atomic E-state index is 12.1. The van der Waals surface area contributed by atoms with Gasteiger partial charge in [0, 0.05) is 24.9 Å². The third kappa shape index (κ3) is 4.86. The molecule has 4 rings (SSSR count). The van der Waals surface area contributed by atoms with Crippen LogP contribution >= 0.6 is 0 Å². The van der Waals surface area contributed by atoms with E-state index in [0.29, 0.717) is 18.5 Å². The van der Waals surface area contributed by atoms with Crippen molar-refractivity contribution in [2.24, 2.45) is 40.2 Å². The van der Waals surface area contributed by atoms with Crippen LogP contribution in [-0.2, 0) is 4.74 Å². The standard InChI is InChI=1S/C30H50N2O2/c1-20(2)7-6-8-21(3)25-11-12-26-24-10-9-22-19-23(34-28(33)32-18-17-31)13-15-29(22,4)27(24)14-16-30(25,26)5/h9,20-21,23,25-26H,6-8,10-19,31H2,1-5H3,(H,32,33). The summed E-state index contributed by atoms with van der Waals surface area (Å²) < 4.78 is 5.73. The van der Waals surface area contributed by atoms with Crippen molar-refractivity contribution in [3.8, 4) is 0 Å². The molecule has 0 spiro atoms.